The number of fused-ring (bicyclic) bond motifs is 9. The van der Waals surface area contributed by atoms with Crippen molar-refractivity contribution in [1.82, 2.24) is 29.1 Å². The van der Waals surface area contributed by atoms with Crippen LogP contribution in [0.15, 0.2) is 175 Å². The molecule has 0 radical (unpaired) electrons. The Morgan fingerprint density at radius 3 is 1.66 bits per heavy atom. The zero-order valence-corrected chi connectivity index (χ0v) is 38.2. The van der Waals surface area contributed by atoms with Gasteiger partial charge in [0.15, 0.2) is 0 Å². The van der Waals surface area contributed by atoms with Crippen molar-refractivity contribution < 1.29 is 24.5 Å². The number of hydrogen-bond acceptors (Lipinski definition) is 5. The van der Waals surface area contributed by atoms with Crippen LogP contribution in [0.4, 0.5) is 0 Å². The first-order valence-corrected chi connectivity index (χ1v) is 22.0. The molecule has 8 heteroatoms. The topological polar surface area (TPSA) is 74.6 Å². The number of para-hydroxylation sites is 4. The van der Waals surface area contributed by atoms with E-state index in [-0.39, 0.29) is 20.1 Å². The van der Waals surface area contributed by atoms with E-state index in [1.54, 1.807) is 6.20 Å². The molecule has 0 aliphatic carbocycles. The van der Waals surface area contributed by atoms with Crippen molar-refractivity contribution in [3.63, 3.8) is 0 Å². The number of unbranched alkanes of at least 4 members (excludes halogenated alkanes) is 3. The third kappa shape index (κ3) is 8.12. The van der Waals surface area contributed by atoms with E-state index in [1.165, 1.54) is 56.5 Å². The van der Waals surface area contributed by atoms with E-state index in [4.69, 9.17) is 14.4 Å². The third-order valence-corrected chi connectivity index (χ3v) is 12.0. The zero-order chi connectivity index (χ0) is 42.8. The van der Waals surface area contributed by atoms with Crippen LogP contribution < -0.4 is 0 Å². The van der Waals surface area contributed by atoms with Crippen LogP contribution in [0.2, 0.25) is 0 Å². The van der Waals surface area contributed by atoms with Crippen LogP contribution in [0.3, 0.4) is 0 Å². The summed E-state index contributed by atoms with van der Waals surface area (Å²) in [7, 11) is 0. The molecule has 7 nitrogen and oxygen atoms in total. The van der Waals surface area contributed by atoms with Crippen LogP contribution in [0.25, 0.3) is 88.6 Å². The second-order valence-corrected chi connectivity index (χ2v) is 16.3. The van der Waals surface area contributed by atoms with Gasteiger partial charge in [-0.05, 0) is 91.9 Å². The van der Waals surface area contributed by atoms with Crippen molar-refractivity contribution in [2.45, 2.75) is 45.4 Å². The summed E-state index contributed by atoms with van der Waals surface area (Å²) < 4.78 is 10.4. The van der Waals surface area contributed by atoms with Gasteiger partial charge in [-0.15, -0.1) is 30.3 Å². The normalized spacial score (nSPS) is 11.4. The smallest absolute Gasteiger partial charge is 0.486 e. The van der Waals surface area contributed by atoms with Gasteiger partial charge in [0.25, 0.3) is 0 Å². The Kier molecular flexibility index (Phi) is 11.9. The number of pyridine rings is 4. The molecule has 0 aliphatic rings. The van der Waals surface area contributed by atoms with Crippen molar-refractivity contribution >= 4 is 65.9 Å². The van der Waals surface area contributed by atoms with E-state index < -0.39 is 0 Å². The predicted molar refractivity (Wildman–Crippen MR) is 259 cm³/mol. The van der Waals surface area contributed by atoms with Crippen LogP contribution in [0, 0.1) is 25.1 Å². The fourth-order valence-corrected chi connectivity index (χ4v) is 9.01. The molecule has 0 atom stereocenters. The average Bonchev–Trinajstić information content (AvgIpc) is 4.00. The van der Waals surface area contributed by atoms with Gasteiger partial charge < -0.3 is 18.5 Å². The van der Waals surface area contributed by atoms with E-state index in [0.29, 0.717) is 5.71 Å². The largest absolute Gasteiger partial charge is 3.00 e. The maximum Gasteiger partial charge on any atom is 3.00 e. The number of hydrogen-bond donors (Lipinski definition) is 0. The fourth-order valence-electron chi connectivity index (χ4n) is 9.01. The van der Waals surface area contributed by atoms with Crippen LogP contribution in [-0.4, -0.2) is 29.1 Å². The van der Waals surface area contributed by atoms with Crippen LogP contribution >= 0.6 is 0 Å². The molecule has 0 unspecified atom stereocenters. The minimum Gasteiger partial charge on any atom is -0.486 e. The Labute approximate surface area is 390 Å². The van der Waals surface area contributed by atoms with E-state index in [1.807, 2.05) is 73.7 Å². The van der Waals surface area contributed by atoms with Gasteiger partial charge in [-0.2, -0.15) is 48.5 Å². The van der Waals surface area contributed by atoms with Crippen LogP contribution in [-0.2, 0) is 32.9 Å². The molecule has 0 N–H and O–H groups in total. The van der Waals surface area contributed by atoms with Crippen molar-refractivity contribution in [1.29, 1.82) is 0 Å². The number of aromatic nitrogens is 6. The zero-order valence-electron chi connectivity index (χ0n) is 35.8. The second-order valence-electron chi connectivity index (χ2n) is 16.3. The van der Waals surface area contributed by atoms with Crippen LogP contribution in [0.1, 0.15) is 42.5 Å². The van der Waals surface area contributed by atoms with Crippen molar-refractivity contribution in [3.8, 4) is 22.6 Å². The molecule has 0 bridgehead atoms. The molecule has 0 spiro atoms. The molecule has 316 valence electrons. The van der Waals surface area contributed by atoms with Crippen molar-refractivity contribution in [2.75, 3.05) is 0 Å². The van der Waals surface area contributed by atoms with E-state index >= 15 is 0 Å². The monoisotopic (exact) mass is 1020 g/mol. The quantitative estimate of drug-likeness (QED) is 0.101. The summed E-state index contributed by atoms with van der Waals surface area (Å²) in [6, 6.07) is 61.8. The Morgan fingerprint density at radius 2 is 1.09 bits per heavy atom. The first-order valence-electron chi connectivity index (χ1n) is 22.0. The van der Waals surface area contributed by atoms with E-state index in [2.05, 4.69) is 135 Å². The standard InChI is InChI=1S/C40H32N4.C17H11N2O.Ir/c1(5-15-29-25-35-33-21-11-13-23-37(33)43(39(35)41-27-29)31-17-7-3-8-18-31)2-6-16-30-26-36-34-22-12-14-24-38(34)44(40(36)42-28-30)32-19-9-4-10-20-32;1-11-8-9-13-12-5-4-6-14(15-7-2-3-10-18-15)16(12)20-17(13)19-11;/h3-4,7-14,17,19,21-28H,1-2,5-6,15-16H2;2-5,7-10H,1H3;/q-2;-1;+3. The Hall–Kier alpha value is -7.25. The molecule has 7 aromatic heterocycles. The summed E-state index contributed by atoms with van der Waals surface area (Å²) in [6.07, 6.45) is 12.7. The second kappa shape index (κ2) is 18.5. The number of furan rings is 1. The van der Waals surface area contributed by atoms with Crippen LogP contribution in [0.5, 0.6) is 0 Å². The molecule has 0 saturated heterocycles. The summed E-state index contributed by atoms with van der Waals surface area (Å²) in [5.41, 5.74) is 13.1. The SMILES string of the molecule is Cc1ccc2c(n1)oc1c(-c3ccccn3)[c-]ccc12.[Ir+3].[c-]1ccccc1-n1c2ccccc2c2cc(CCCCCCc3cnc4c(c3)c3ccccc3n4-c3[c-]cccc3)cnc21. The molecule has 12 aromatic rings. The first-order chi connectivity index (χ1) is 31.7. The molecule has 5 aromatic carbocycles. The molecular weight excluding hydrogens is 977 g/mol. The molecule has 0 aliphatic heterocycles. The van der Waals surface area contributed by atoms with E-state index in [9.17, 15) is 0 Å². The minimum atomic E-state index is 0. The molecule has 12 rings (SSSR count). The van der Waals surface area contributed by atoms with Gasteiger partial charge >= 0.3 is 20.1 Å². The number of nitrogens with zero attached hydrogens (tertiary/aromatic N) is 6. The van der Waals surface area contributed by atoms with Crippen molar-refractivity contribution in [2.24, 2.45) is 0 Å². The average molecular weight is 1020 g/mol. The van der Waals surface area contributed by atoms with Gasteiger partial charge in [0.1, 0.15) is 11.3 Å². The molecule has 65 heavy (non-hydrogen) atoms. The van der Waals surface area contributed by atoms with Gasteiger partial charge in [-0.1, -0.05) is 83.7 Å². The van der Waals surface area contributed by atoms with Crippen molar-refractivity contribution in [3.05, 3.63) is 205 Å². The molecule has 0 fully saturated rings. The third-order valence-electron chi connectivity index (χ3n) is 12.0. The molecule has 0 saturated carbocycles. The van der Waals surface area contributed by atoms with Gasteiger partial charge in [0, 0.05) is 51.2 Å². The van der Waals surface area contributed by atoms with Gasteiger partial charge in [0.05, 0.1) is 16.6 Å². The first kappa shape index (κ1) is 41.7. The molecule has 7 heterocycles. The number of rotatable bonds is 10. The summed E-state index contributed by atoms with van der Waals surface area (Å²) in [5.74, 6) is 0. The minimum absolute atomic E-state index is 0. The van der Waals surface area contributed by atoms with E-state index in [0.717, 1.165) is 81.7 Å². The summed E-state index contributed by atoms with van der Waals surface area (Å²) in [4.78, 5) is 18.7. The Bertz CT molecular complexity index is 3420. The maximum atomic E-state index is 5.94. The van der Waals surface area contributed by atoms with Gasteiger partial charge in [-0.25, -0.2) is 15.0 Å². The van der Waals surface area contributed by atoms with Gasteiger partial charge in [-0.3, -0.25) is 0 Å². The van der Waals surface area contributed by atoms with Gasteiger partial charge in [0.2, 0.25) is 5.71 Å². The Balaban J connectivity index is 0.000000198. The number of aryl methyl sites for hydroxylation is 3. The molecule has 0 amide bonds. The maximum absolute atomic E-state index is 5.94. The summed E-state index contributed by atoms with van der Waals surface area (Å²) in [6.45, 7) is 1.96. The fraction of sp³-hybridized carbons (Fsp3) is 0.123. The Morgan fingerprint density at radius 1 is 0.508 bits per heavy atom. The number of benzene rings is 5. The summed E-state index contributed by atoms with van der Waals surface area (Å²) in [5, 5.41) is 6.98. The predicted octanol–water partition coefficient (Wildman–Crippen LogP) is 13.8. The molecular formula is C57H43IrN6O. The summed E-state index contributed by atoms with van der Waals surface area (Å²) >= 11 is 0.